The molecule has 2 aromatic carbocycles. The fourth-order valence-corrected chi connectivity index (χ4v) is 2.90. The van der Waals surface area contributed by atoms with Crippen LogP contribution in [0, 0.1) is 5.82 Å². The molecule has 0 aliphatic rings. The van der Waals surface area contributed by atoms with E-state index in [2.05, 4.69) is 37.2 Å². The van der Waals surface area contributed by atoms with Crippen molar-refractivity contribution in [2.75, 3.05) is 5.33 Å². The number of rotatable bonds is 5. The third-order valence-electron chi connectivity index (χ3n) is 3.02. The summed E-state index contributed by atoms with van der Waals surface area (Å²) in [4.78, 5) is 12.3. The van der Waals surface area contributed by atoms with Gasteiger partial charge in [-0.3, -0.25) is 4.79 Å². The van der Waals surface area contributed by atoms with Crippen LogP contribution < -0.4 is 5.32 Å². The molecule has 0 aromatic heterocycles. The highest BCUT2D eigenvalue weighted by Gasteiger charge is 2.15. The van der Waals surface area contributed by atoms with Gasteiger partial charge in [-0.2, -0.15) is 0 Å². The summed E-state index contributed by atoms with van der Waals surface area (Å²) >= 11 is 6.63. The zero-order chi connectivity index (χ0) is 15.2. The van der Waals surface area contributed by atoms with E-state index in [0.717, 1.165) is 12.0 Å². The Labute approximate surface area is 140 Å². The molecule has 0 aliphatic carbocycles. The highest BCUT2D eigenvalue weighted by Crippen LogP contribution is 2.18. The van der Waals surface area contributed by atoms with Crippen molar-refractivity contribution in [3.63, 3.8) is 0 Å². The van der Waals surface area contributed by atoms with Crippen molar-refractivity contribution in [1.82, 2.24) is 5.32 Å². The Hall–Kier alpha value is -1.20. The number of benzene rings is 2. The quantitative estimate of drug-likeness (QED) is 0.725. The lowest BCUT2D eigenvalue weighted by molar-refractivity contribution is 0.0940. The minimum Gasteiger partial charge on any atom is -0.348 e. The molecular formula is C16H14Br2FNO. The van der Waals surface area contributed by atoms with E-state index in [4.69, 9.17) is 0 Å². The van der Waals surface area contributed by atoms with Gasteiger partial charge in [0.05, 0.1) is 5.56 Å². The number of nitrogens with one attached hydrogen (secondary N) is 1. The van der Waals surface area contributed by atoms with E-state index in [1.165, 1.54) is 18.2 Å². The van der Waals surface area contributed by atoms with Crippen LogP contribution >= 0.6 is 31.9 Å². The molecule has 2 rings (SSSR count). The van der Waals surface area contributed by atoms with Crippen LogP contribution in [0.1, 0.15) is 15.9 Å². The minimum atomic E-state index is -0.375. The number of alkyl halides is 1. The minimum absolute atomic E-state index is 0.0307. The molecule has 1 atom stereocenters. The molecule has 1 amide bonds. The van der Waals surface area contributed by atoms with Crippen LogP contribution in [0.15, 0.2) is 53.0 Å². The van der Waals surface area contributed by atoms with Crippen molar-refractivity contribution >= 4 is 37.8 Å². The SMILES string of the molecule is O=C(NC(CBr)Cc1ccccc1)c1ccc(F)cc1Br. The summed E-state index contributed by atoms with van der Waals surface area (Å²) < 4.78 is 13.5. The second kappa shape index (κ2) is 7.71. The van der Waals surface area contributed by atoms with E-state index in [1.807, 2.05) is 30.3 Å². The van der Waals surface area contributed by atoms with Crippen LogP contribution in [0.4, 0.5) is 4.39 Å². The maximum absolute atomic E-state index is 13.1. The first-order chi connectivity index (χ1) is 10.1. The number of hydrogen-bond acceptors (Lipinski definition) is 1. The van der Waals surface area contributed by atoms with Crippen molar-refractivity contribution in [3.05, 3.63) is 69.9 Å². The summed E-state index contributed by atoms with van der Waals surface area (Å²) in [7, 11) is 0. The van der Waals surface area contributed by atoms with E-state index < -0.39 is 0 Å². The van der Waals surface area contributed by atoms with Gasteiger partial charge in [-0.25, -0.2) is 4.39 Å². The average molecular weight is 415 g/mol. The fraction of sp³-hybridized carbons (Fsp3) is 0.188. The van der Waals surface area contributed by atoms with Crippen LogP contribution in [-0.4, -0.2) is 17.3 Å². The van der Waals surface area contributed by atoms with Gasteiger partial charge in [0, 0.05) is 15.8 Å². The standard InChI is InChI=1S/C16H14Br2FNO/c17-10-13(8-11-4-2-1-3-5-11)20-16(21)14-7-6-12(19)9-15(14)18/h1-7,9,13H,8,10H2,(H,20,21). The van der Waals surface area contributed by atoms with E-state index in [0.29, 0.717) is 15.4 Å². The Kier molecular flexibility index (Phi) is 5.94. The molecule has 21 heavy (non-hydrogen) atoms. The molecule has 0 aliphatic heterocycles. The van der Waals surface area contributed by atoms with Gasteiger partial charge < -0.3 is 5.32 Å². The molecule has 1 unspecified atom stereocenters. The average Bonchev–Trinajstić information content (AvgIpc) is 2.47. The van der Waals surface area contributed by atoms with Crippen molar-refractivity contribution in [2.45, 2.75) is 12.5 Å². The summed E-state index contributed by atoms with van der Waals surface area (Å²) in [6, 6.07) is 14.0. The molecule has 0 saturated heterocycles. The lowest BCUT2D eigenvalue weighted by Crippen LogP contribution is -2.37. The van der Waals surface area contributed by atoms with Crippen molar-refractivity contribution in [1.29, 1.82) is 0 Å². The number of carbonyl (C=O) groups is 1. The summed E-state index contributed by atoms with van der Waals surface area (Å²) in [5.74, 6) is -0.595. The normalized spacial score (nSPS) is 12.0. The van der Waals surface area contributed by atoms with Crippen LogP contribution in [0.5, 0.6) is 0 Å². The highest BCUT2D eigenvalue weighted by molar-refractivity contribution is 9.10. The predicted octanol–water partition coefficient (Wildman–Crippen LogP) is 4.32. The molecule has 0 bridgehead atoms. The van der Waals surface area contributed by atoms with E-state index >= 15 is 0 Å². The summed E-state index contributed by atoms with van der Waals surface area (Å²) in [6.07, 6.45) is 0.733. The maximum Gasteiger partial charge on any atom is 0.252 e. The zero-order valence-electron chi connectivity index (χ0n) is 11.2. The molecular weight excluding hydrogens is 401 g/mol. The van der Waals surface area contributed by atoms with Gasteiger partial charge in [0.15, 0.2) is 0 Å². The Morgan fingerprint density at radius 2 is 1.90 bits per heavy atom. The van der Waals surface area contributed by atoms with E-state index in [9.17, 15) is 9.18 Å². The Morgan fingerprint density at radius 3 is 2.52 bits per heavy atom. The van der Waals surface area contributed by atoms with Crippen molar-refractivity contribution < 1.29 is 9.18 Å². The molecule has 0 fully saturated rings. The summed E-state index contributed by atoms with van der Waals surface area (Å²) in [6.45, 7) is 0. The highest BCUT2D eigenvalue weighted by atomic mass is 79.9. The molecule has 0 saturated carbocycles. The zero-order valence-corrected chi connectivity index (χ0v) is 14.3. The van der Waals surface area contributed by atoms with Gasteiger partial charge in [0.25, 0.3) is 5.91 Å². The molecule has 2 nitrogen and oxygen atoms in total. The first-order valence-corrected chi connectivity index (χ1v) is 8.37. The van der Waals surface area contributed by atoms with Gasteiger partial charge in [-0.1, -0.05) is 46.3 Å². The molecule has 0 radical (unpaired) electrons. The molecule has 5 heteroatoms. The van der Waals surface area contributed by atoms with Crippen LogP contribution in [0.25, 0.3) is 0 Å². The largest absolute Gasteiger partial charge is 0.348 e. The molecule has 110 valence electrons. The van der Waals surface area contributed by atoms with E-state index in [1.54, 1.807) is 0 Å². The number of carbonyl (C=O) groups excluding carboxylic acids is 1. The number of halogens is 3. The lowest BCUT2D eigenvalue weighted by Gasteiger charge is -2.17. The van der Waals surface area contributed by atoms with Crippen LogP contribution in [0.3, 0.4) is 0 Å². The van der Waals surface area contributed by atoms with Gasteiger partial charge in [-0.15, -0.1) is 0 Å². The van der Waals surface area contributed by atoms with Crippen LogP contribution in [0.2, 0.25) is 0 Å². The van der Waals surface area contributed by atoms with Gasteiger partial charge in [0.1, 0.15) is 5.82 Å². The molecule has 2 aromatic rings. The van der Waals surface area contributed by atoms with Gasteiger partial charge in [0.2, 0.25) is 0 Å². The van der Waals surface area contributed by atoms with Crippen LogP contribution in [-0.2, 0) is 6.42 Å². The topological polar surface area (TPSA) is 29.1 Å². The Bertz CT molecular complexity index is 619. The Balaban J connectivity index is 2.06. The number of amides is 1. The first-order valence-electron chi connectivity index (χ1n) is 6.46. The third kappa shape index (κ3) is 4.64. The third-order valence-corrected chi connectivity index (χ3v) is 4.46. The Morgan fingerprint density at radius 1 is 1.19 bits per heavy atom. The smallest absolute Gasteiger partial charge is 0.252 e. The van der Waals surface area contributed by atoms with Crippen molar-refractivity contribution in [2.24, 2.45) is 0 Å². The molecule has 1 N–H and O–H groups in total. The first kappa shape index (κ1) is 16.2. The molecule has 0 spiro atoms. The van der Waals surface area contributed by atoms with Gasteiger partial charge >= 0.3 is 0 Å². The lowest BCUT2D eigenvalue weighted by atomic mass is 10.1. The maximum atomic E-state index is 13.1. The van der Waals surface area contributed by atoms with Crippen molar-refractivity contribution in [3.8, 4) is 0 Å². The number of hydrogen-bond donors (Lipinski definition) is 1. The predicted molar refractivity (Wildman–Crippen MR) is 89.3 cm³/mol. The monoisotopic (exact) mass is 413 g/mol. The second-order valence-corrected chi connectivity index (χ2v) is 6.14. The second-order valence-electron chi connectivity index (χ2n) is 4.64. The summed E-state index contributed by atoms with van der Waals surface area (Å²) in [5, 5.41) is 3.60. The van der Waals surface area contributed by atoms with Gasteiger partial charge in [-0.05, 0) is 46.1 Å². The molecule has 0 heterocycles. The fourth-order valence-electron chi connectivity index (χ4n) is 1.98. The summed E-state index contributed by atoms with van der Waals surface area (Å²) in [5.41, 5.74) is 1.58. The van der Waals surface area contributed by atoms with E-state index in [-0.39, 0.29) is 17.8 Å².